The predicted octanol–water partition coefficient (Wildman–Crippen LogP) is 8.35. The van der Waals surface area contributed by atoms with Crippen LogP contribution in [0.2, 0.25) is 0 Å². The minimum atomic E-state index is 0.619. The summed E-state index contributed by atoms with van der Waals surface area (Å²) in [6.07, 6.45) is 4.08. The molecule has 1 aromatic heterocycles. The van der Waals surface area contributed by atoms with Crippen LogP contribution < -0.4 is 14.2 Å². The van der Waals surface area contributed by atoms with Crippen LogP contribution in [-0.4, -0.2) is 25.5 Å². The maximum absolute atomic E-state index is 6.32. The molecule has 1 heterocycles. The van der Waals surface area contributed by atoms with Crippen LogP contribution in [-0.2, 0) is 0 Å². The average Bonchev–Trinajstić information content (AvgIpc) is 3.30. The van der Waals surface area contributed by atoms with Crippen molar-refractivity contribution in [3.8, 4) is 50.8 Å². The maximum atomic E-state index is 6.32. The minimum absolute atomic E-state index is 0.619. The van der Waals surface area contributed by atoms with Crippen LogP contribution in [0.25, 0.3) is 33.6 Å². The van der Waals surface area contributed by atoms with Gasteiger partial charge in [0.2, 0.25) is 0 Å². The summed E-state index contributed by atoms with van der Waals surface area (Å²) in [5.41, 5.74) is 5.70. The van der Waals surface area contributed by atoms with Gasteiger partial charge in [-0.1, -0.05) is 74.3 Å². The summed E-state index contributed by atoms with van der Waals surface area (Å²) >= 11 is 0. The second-order valence-electron chi connectivity index (χ2n) is 8.82. The molecule has 0 aliphatic carbocycles. The fraction of sp³-hybridized carbons (Fsp3) is 0.323. The van der Waals surface area contributed by atoms with Gasteiger partial charge in [-0.25, -0.2) is 0 Å². The summed E-state index contributed by atoms with van der Waals surface area (Å²) in [7, 11) is 1.67. The topological polar surface area (TPSA) is 53.7 Å². The standard InChI is InChI=1S/C31H35NO4/c1-5-7-18-34-28-21-29(35-19-8-6-2)27(20-26(28)23-12-10-9-11-13-23)31-30(22(3)32-36-31)24-14-16-25(33-4)17-15-24/h9-17,20-21H,5-8,18-19H2,1-4H3. The van der Waals surface area contributed by atoms with Gasteiger partial charge in [-0.2, -0.15) is 0 Å². The van der Waals surface area contributed by atoms with Crippen molar-refractivity contribution in [2.24, 2.45) is 0 Å². The lowest BCUT2D eigenvalue weighted by Crippen LogP contribution is -2.02. The maximum Gasteiger partial charge on any atom is 0.178 e. The van der Waals surface area contributed by atoms with Crippen LogP contribution in [0.15, 0.2) is 71.3 Å². The number of rotatable bonds is 12. The molecular formula is C31H35NO4. The normalized spacial score (nSPS) is 10.9. The molecule has 3 aromatic carbocycles. The van der Waals surface area contributed by atoms with Crippen LogP contribution in [0.4, 0.5) is 0 Å². The Hall–Kier alpha value is -3.73. The average molecular weight is 486 g/mol. The molecular weight excluding hydrogens is 450 g/mol. The summed E-state index contributed by atoms with van der Waals surface area (Å²) in [5.74, 6) is 3.03. The van der Waals surface area contributed by atoms with Crippen molar-refractivity contribution < 1.29 is 18.7 Å². The number of benzene rings is 3. The highest BCUT2D eigenvalue weighted by Crippen LogP contribution is 2.45. The van der Waals surface area contributed by atoms with Crippen LogP contribution in [0.5, 0.6) is 17.2 Å². The van der Waals surface area contributed by atoms with E-state index in [0.29, 0.717) is 19.0 Å². The van der Waals surface area contributed by atoms with Crippen LogP contribution in [0, 0.1) is 6.92 Å². The van der Waals surface area contributed by atoms with Gasteiger partial charge in [0.25, 0.3) is 0 Å². The van der Waals surface area contributed by atoms with E-state index in [2.05, 4.69) is 37.2 Å². The second-order valence-corrected chi connectivity index (χ2v) is 8.82. The molecule has 4 rings (SSSR count). The fourth-order valence-corrected chi connectivity index (χ4v) is 4.12. The van der Waals surface area contributed by atoms with Gasteiger partial charge in [-0.3, -0.25) is 0 Å². The van der Waals surface area contributed by atoms with Crippen molar-refractivity contribution in [2.75, 3.05) is 20.3 Å². The monoisotopic (exact) mass is 485 g/mol. The first-order chi connectivity index (χ1) is 17.7. The molecule has 0 fully saturated rings. The highest BCUT2D eigenvalue weighted by atomic mass is 16.5. The molecule has 0 N–H and O–H groups in total. The van der Waals surface area contributed by atoms with Crippen LogP contribution in [0.3, 0.4) is 0 Å². The Morgan fingerprint density at radius 3 is 2.00 bits per heavy atom. The van der Waals surface area contributed by atoms with Crippen molar-refractivity contribution in [1.29, 1.82) is 0 Å². The van der Waals surface area contributed by atoms with E-state index < -0.39 is 0 Å². The predicted molar refractivity (Wildman–Crippen MR) is 145 cm³/mol. The Balaban J connectivity index is 1.88. The first kappa shape index (κ1) is 25.4. The van der Waals surface area contributed by atoms with Crippen molar-refractivity contribution in [3.63, 3.8) is 0 Å². The molecule has 0 aliphatic rings. The number of ether oxygens (including phenoxy) is 3. The van der Waals surface area contributed by atoms with E-state index >= 15 is 0 Å². The number of hydrogen-bond donors (Lipinski definition) is 0. The number of nitrogens with zero attached hydrogens (tertiary/aromatic N) is 1. The molecule has 0 unspecified atom stereocenters. The Bertz CT molecular complexity index is 1250. The molecule has 0 atom stereocenters. The summed E-state index contributed by atoms with van der Waals surface area (Å²) in [5, 5.41) is 4.34. The van der Waals surface area contributed by atoms with Crippen molar-refractivity contribution in [3.05, 3.63) is 72.4 Å². The van der Waals surface area contributed by atoms with Gasteiger partial charge < -0.3 is 18.7 Å². The molecule has 0 saturated carbocycles. The van der Waals surface area contributed by atoms with Gasteiger partial charge in [0, 0.05) is 11.6 Å². The first-order valence-corrected chi connectivity index (χ1v) is 12.8. The molecule has 36 heavy (non-hydrogen) atoms. The lowest BCUT2D eigenvalue weighted by atomic mass is 9.95. The number of methoxy groups -OCH3 is 1. The highest BCUT2D eigenvalue weighted by molar-refractivity contribution is 5.88. The highest BCUT2D eigenvalue weighted by Gasteiger charge is 2.23. The van der Waals surface area contributed by atoms with E-state index in [-0.39, 0.29) is 0 Å². The van der Waals surface area contributed by atoms with Gasteiger partial charge in [-0.05, 0) is 49.1 Å². The molecule has 0 aliphatic heterocycles. The number of aryl methyl sites for hydroxylation is 1. The van der Waals surface area contributed by atoms with E-state index in [9.17, 15) is 0 Å². The summed E-state index contributed by atoms with van der Waals surface area (Å²) in [6, 6.07) is 22.4. The van der Waals surface area contributed by atoms with E-state index in [4.69, 9.17) is 18.7 Å². The lowest BCUT2D eigenvalue weighted by Gasteiger charge is -2.18. The fourth-order valence-electron chi connectivity index (χ4n) is 4.12. The van der Waals surface area contributed by atoms with E-state index in [1.54, 1.807) is 7.11 Å². The van der Waals surface area contributed by atoms with Gasteiger partial charge in [0.15, 0.2) is 5.76 Å². The molecule has 5 heteroatoms. The van der Waals surface area contributed by atoms with Crippen molar-refractivity contribution in [1.82, 2.24) is 5.16 Å². The second kappa shape index (κ2) is 12.3. The van der Waals surface area contributed by atoms with E-state index in [1.165, 1.54) is 0 Å². The SMILES string of the molecule is CCCCOc1cc(OCCCC)c(-c2onc(C)c2-c2ccc(OC)cc2)cc1-c1ccccc1. The Morgan fingerprint density at radius 1 is 0.750 bits per heavy atom. The Kier molecular flexibility index (Phi) is 8.66. The summed E-state index contributed by atoms with van der Waals surface area (Å²) in [6.45, 7) is 7.56. The van der Waals surface area contributed by atoms with Crippen LogP contribution in [0.1, 0.15) is 45.2 Å². The Labute approximate surface area is 214 Å². The van der Waals surface area contributed by atoms with Gasteiger partial charge in [-0.15, -0.1) is 0 Å². The third kappa shape index (κ3) is 5.73. The van der Waals surface area contributed by atoms with Gasteiger partial charge in [0.1, 0.15) is 17.2 Å². The number of aromatic nitrogens is 1. The van der Waals surface area contributed by atoms with Crippen molar-refractivity contribution in [2.45, 2.75) is 46.5 Å². The molecule has 5 nitrogen and oxygen atoms in total. The smallest absolute Gasteiger partial charge is 0.178 e. The molecule has 188 valence electrons. The zero-order valence-corrected chi connectivity index (χ0v) is 21.7. The largest absolute Gasteiger partial charge is 0.497 e. The lowest BCUT2D eigenvalue weighted by molar-refractivity contribution is 0.295. The third-order valence-corrected chi connectivity index (χ3v) is 6.16. The van der Waals surface area contributed by atoms with E-state index in [0.717, 1.165) is 76.4 Å². The molecule has 0 radical (unpaired) electrons. The van der Waals surface area contributed by atoms with Gasteiger partial charge >= 0.3 is 0 Å². The molecule has 0 bridgehead atoms. The number of unbranched alkanes of at least 4 members (excludes halogenated alkanes) is 2. The zero-order valence-electron chi connectivity index (χ0n) is 21.7. The molecule has 0 amide bonds. The first-order valence-electron chi connectivity index (χ1n) is 12.8. The van der Waals surface area contributed by atoms with Gasteiger partial charge in [0.05, 0.1) is 37.1 Å². The third-order valence-electron chi connectivity index (χ3n) is 6.16. The number of hydrogen-bond acceptors (Lipinski definition) is 5. The molecule has 0 spiro atoms. The van der Waals surface area contributed by atoms with Crippen molar-refractivity contribution >= 4 is 0 Å². The molecule has 0 saturated heterocycles. The van der Waals surface area contributed by atoms with E-state index in [1.807, 2.05) is 55.5 Å². The zero-order chi connectivity index (χ0) is 25.3. The summed E-state index contributed by atoms with van der Waals surface area (Å²) in [4.78, 5) is 0. The summed E-state index contributed by atoms with van der Waals surface area (Å²) < 4.78 is 23.9. The van der Waals surface area contributed by atoms with Crippen LogP contribution >= 0.6 is 0 Å². The Morgan fingerprint density at radius 2 is 1.39 bits per heavy atom. The quantitative estimate of drug-likeness (QED) is 0.189. The molecule has 4 aromatic rings. The minimum Gasteiger partial charge on any atom is -0.497 e.